The highest BCUT2D eigenvalue weighted by Gasteiger charge is 2.29. The third kappa shape index (κ3) is 2.90. The van der Waals surface area contributed by atoms with Gasteiger partial charge in [-0.15, -0.1) is 0 Å². The molecule has 0 aliphatic carbocycles. The number of hydroxylamine groups is 1. The minimum atomic E-state index is -4.57. The number of carbonyl (C=O) groups excluding carboxylic acids is 1. The van der Waals surface area contributed by atoms with Crippen molar-refractivity contribution in [1.29, 1.82) is 0 Å². The molecule has 0 fully saturated rings. The maximum Gasteiger partial charge on any atom is 0.414 e. The van der Waals surface area contributed by atoms with Gasteiger partial charge < -0.3 is 4.42 Å². The van der Waals surface area contributed by atoms with E-state index >= 15 is 0 Å². The molecule has 1 heterocycles. The van der Waals surface area contributed by atoms with E-state index in [2.05, 4.69) is 4.84 Å². The molecule has 20 heavy (non-hydrogen) atoms. The first-order chi connectivity index (χ1) is 9.29. The van der Waals surface area contributed by atoms with Crippen molar-refractivity contribution in [2.45, 2.75) is 13.1 Å². The number of nitrogens with one attached hydrogen (secondary N) is 1. The van der Waals surface area contributed by atoms with Gasteiger partial charge >= 0.3 is 12.1 Å². The van der Waals surface area contributed by atoms with Crippen molar-refractivity contribution in [3.05, 3.63) is 35.3 Å². The van der Waals surface area contributed by atoms with Crippen LogP contribution in [0.15, 0.2) is 22.6 Å². The first-order valence-corrected chi connectivity index (χ1v) is 5.46. The normalized spacial score (nSPS) is 11.8. The minimum absolute atomic E-state index is 0.133. The van der Waals surface area contributed by atoms with Crippen LogP contribution in [-0.2, 0) is 4.84 Å². The Morgan fingerprint density at radius 2 is 2.10 bits per heavy atom. The maximum atomic E-state index is 13.4. The maximum absolute atomic E-state index is 13.4. The summed E-state index contributed by atoms with van der Waals surface area (Å²) in [6.07, 6.45) is -4.57. The molecular weight excluding hydrogens is 282 g/mol. The number of rotatable bonds is 3. The van der Waals surface area contributed by atoms with Gasteiger partial charge in [-0.1, -0.05) is 12.1 Å². The van der Waals surface area contributed by atoms with Crippen molar-refractivity contribution < 1.29 is 31.6 Å². The number of benzene rings is 1. The molecule has 1 aromatic heterocycles. The molecule has 0 atom stereocenters. The molecule has 2 aromatic rings. The fourth-order valence-corrected chi connectivity index (χ4v) is 1.66. The molecule has 1 aromatic carbocycles. The van der Waals surface area contributed by atoms with Gasteiger partial charge in [0.25, 0.3) is 0 Å². The first-order valence-electron chi connectivity index (χ1n) is 5.46. The van der Waals surface area contributed by atoms with E-state index in [9.17, 15) is 22.4 Å². The Bertz CT molecular complexity index is 648. The number of amides is 1. The molecule has 108 valence electrons. The summed E-state index contributed by atoms with van der Waals surface area (Å²) in [6, 6.07) is 4.11. The quantitative estimate of drug-likeness (QED) is 0.698. The van der Waals surface area contributed by atoms with Crippen molar-refractivity contribution in [1.82, 2.24) is 5.48 Å². The number of hydrogen-bond acceptors (Lipinski definition) is 3. The highest BCUT2D eigenvalue weighted by atomic mass is 19.4. The summed E-state index contributed by atoms with van der Waals surface area (Å²) in [5.74, 6) is -1.98. The molecule has 1 amide bonds. The number of alkyl halides is 3. The number of carbonyl (C=O) groups is 1. The number of fused-ring (bicyclic) bond motifs is 1. The molecule has 0 radical (unpaired) electrons. The largest absolute Gasteiger partial charge is 0.447 e. The standard InChI is InChI=1S/C12H9F4NO3/c1-6-7-3-2-4-8(13)10(7)20-9(6)11(18)17-19-5-12(14,15)16/h2-4H,5H2,1H3,(H,17,18). The van der Waals surface area contributed by atoms with Crippen LogP contribution in [0.3, 0.4) is 0 Å². The van der Waals surface area contributed by atoms with E-state index in [1.54, 1.807) is 5.48 Å². The molecule has 1 N–H and O–H groups in total. The Labute approximate surface area is 110 Å². The Balaban J connectivity index is 2.19. The predicted molar refractivity (Wildman–Crippen MR) is 60.4 cm³/mol. The van der Waals surface area contributed by atoms with Crippen molar-refractivity contribution in [3.63, 3.8) is 0 Å². The summed E-state index contributed by atoms with van der Waals surface area (Å²) >= 11 is 0. The molecule has 8 heteroatoms. The average Bonchev–Trinajstić information content (AvgIpc) is 2.67. The van der Waals surface area contributed by atoms with Gasteiger partial charge in [0, 0.05) is 10.9 Å². The lowest BCUT2D eigenvalue weighted by molar-refractivity contribution is -0.184. The van der Waals surface area contributed by atoms with Gasteiger partial charge in [-0.2, -0.15) is 13.2 Å². The first kappa shape index (κ1) is 14.3. The molecule has 0 unspecified atom stereocenters. The molecular formula is C12H9F4NO3. The summed E-state index contributed by atoms with van der Waals surface area (Å²) < 4.78 is 54.0. The summed E-state index contributed by atoms with van der Waals surface area (Å²) in [5.41, 5.74) is 1.78. The van der Waals surface area contributed by atoms with Gasteiger partial charge in [0.05, 0.1) is 0 Å². The third-order valence-electron chi connectivity index (χ3n) is 2.52. The van der Waals surface area contributed by atoms with E-state index in [1.807, 2.05) is 0 Å². The fourth-order valence-electron chi connectivity index (χ4n) is 1.66. The zero-order valence-corrected chi connectivity index (χ0v) is 10.2. The topological polar surface area (TPSA) is 51.5 Å². The lowest BCUT2D eigenvalue weighted by atomic mass is 10.1. The average molecular weight is 291 g/mol. The number of hydrogen-bond donors (Lipinski definition) is 1. The van der Waals surface area contributed by atoms with Crippen LogP contribution >= 0.6 is 0 Å². The Hall–Kier alpha value is -2.09. The lowest BCUT2D eigenvalue weighted by Gasteiger charge is -2.07. The predicted octanol–water partition coefficient (Wildman–Crippen LogP) is 3.10. The van der Waals surface area contributed by atoms with E-state index < -0.39 is 24.5 Å². The SMILES string of the molecule is Cc1c(C(=O)NOCC(F)(F)F)oc2c(F)cccc12. The Kier molecular flexibility index (Phi) is 3.67. The van der Waals surface area contributed by atoms with Crippen molar-refractivity contribution in [2.24, 2.45) is 0 Å². The van der Waals surface area contributed by atoms with Gasteiger partial charge in [0.15, 0.2) is 23.8 Å². The van der Waals surface area contributed by atoms with Crippen LogP contribution in [0.4, 0.5) is 17.6 Å². The lowest BCUT2D eigenvalue weighted by Crippen LogP contribution is -2.29. The van der Waals surface area contributed by atoms with Gasteiger partial charge in [-0.3, -0.25) is 9.63 Å². The Morgan fingerprint density at radius 1 is 1.40 bits per heavy atom. The van der Waals surface area contributed by atoms with E-state index in [1.165, 1.54) is 19.1 Å². The highest BCUT2D eigenvalue weighted by molar-refractivity contribution is 5.98. The van der Waals surface area contributed by atoms with Gasteiger partial charge in [0.2, 0.25) is 0 Å². The Morgan fingerprint density at radius 3 is 2.70 bits per heavy atom. The summed E-state index contributed by atoms with van der Waals surface area (Å²) in [4.78, 5) is 15.6. The molecule has 0 saturated carbocycles. The van der Waals surface area contributed by atoms with Crippen LogP contribution in [0.5, 0.6) is 0 Å². The summed E-state index contributed by atoms with van der Waals surface area (Å²) in [7, 11) is 0. The zero-order chi connectivity index (χ0) is 14.9. The molecule has 0 saturated heterocycles. The summed E-state index contributed by atoms with van der Waals surface area (Å²) in [6.45, 7) is -0.143. The molecule has 0 bridgehead atoms. The number of furan rings is 1. The van der Waals surface area contributed by atoms with Gasteiger partial charge in [-0.05, 0) is 13.0 Å². The van der Waals surface area contributed by atoms with Gasteiger partial charge in [-0.25, -0.2) is 9.87 Å². The number of halogens is 4. The molecule has 0 aliphatic heterocycles. The van der Waals surface area contributed by atoms with Crippen molar-refractivity contribution in [3.8, 4) is 0 Å². The number of para-hydroxylation sites is 1. The monoisotopic (exact) mass is 291 g/mol. The summed E-state index contributed by atoms with van der Waals surface area (Å²) in [5, 5.41) is 0.367. The van der Waals surface area contributed by atoms with Crippen molar-refractivity contribution in [2.75, 3.05) is 6.61 Å². The van der Waals surface area contributed by atoms with Crippen LogP contribution in [0.2, 0.25) is 0 Å². The van der Waals surface area contributed by atoms with Crippen LogP contribution in [0.1, 0.15) is 16.1 Å². The second kappa shape index (κ2) is 5.12. The molecule has 4 nitrogen and oxygen atoms in total. The van der Waals surface area contributed by atoms with Crippen LogP contribution in [0, 0.1) is 12.7 Å². The zero-order valence-electron chi connectivity index (χ0n) is 10.2. The molecule has 2 rings (SSSR count). The van der Waals surface area contributed by atoms with Crippen molar-refractivity contribution >= 4 is 16.9 Å². The second-order valence-corrected chi connectivity index (χ2v) is 4.01. The van der Waals surface area contributed by atoms with Crippen LogP contribution in [-0.4, -0.2) is 18.7 Å². The smallest absolute Gasteiger partial charge is 0.414 e. The molecule has 0 spiro atoms. The second-order valence-electron chi connectivity index (χ2n) is 4.01. The van der Waals surface area contributed by atoms with E-state index in [0.717, 1.165) is 6.07 Å². The fraction of sp³-hybridized carbons (Fsp3) is 0.250. The van der Waals surface area contributed by atoms with E-state index in [-0.39, 0.29) is 11.3 Å². The van der Waals surface area contributed by atoms with Crippen LogP contribution < -0.4 is 5.48 Å². The van der Waals surface area contributed by atoms with Gasteiger partial charge in [0.1, 0.15) is 0 Å². The van der Waals surface area contributed by atoms with E-state index in [0.29, 0.717) is 10.9 Å². The third-order valence-corrected chi connectivity index (χ3v) is 2.52. The minimum Gasteiger partial charge on any atom is -0.447 e. The van der Waals surface area contributed by atoms with Crippen LogP contribution in [0.25, 0.3) is 11.0 Å². The highest BCUT2D eigenvalue weighted by Crippen LogP contribution is 2.27. The van der Waals surface area contributed by atoms with E-state index in [4.69, 9.17) is 4.42 Å². The number of aryl methyl sites for hydroxylation is 1. The molecule has 0 aliphatic rings.